The number of anilines is 1. The Balaban J connectivity index is 1.37. The molecule has 1 aliphatic heterocycles. The molecule has 0 radical (unpaired) electrons. The van der Waals surface area contributed by atoms with Crippen LogP contribution in [0.25, 0.3) is 11.2 Å². The number of ether oxygens (including phenoxy) is 2. The van der Waals surface area contributed by atoms with Gasteiger partial charge in [-0.25, -0.2) is 4.79 Å². The van der Waals surface area contributed by atoms with Gasteiger partial charge in [0, 0.05) is 45.2 Å². The van der Waals surface area contributed by atoms with Gasteiger partial charge in [0.05, 0.1) is 13.2 Å². The molecule has 1 aromatic carbocycles. The smallest absolute Gasteiger partial charge is 0.327 e. The second kappa shape index (κ2) is 14.2. The van der Waals surface area contributed by atoms with Crippen molar-refractivity contribution in [2.45, 2.75) is 77.5 Å². The number of aromatic amines is 1. The van der Waals surface area contributed by atoms with E-state index in [-0.39, 0.29) is 36.1 Å². The first-order valence-electron chi connectivity index (χ1n) is 14.1. The Bertz CT molecular complexity index is 1320. The van der Waals surface area contributed by atoms with Crippen LogP contribution in [0, 0.1) is 0 Å². The molecule has 12 nitrogen and oxygen atoms in total. The molecule has 4 rings (SSSR count). The van der Waals surface area contributed by atoms with E-state index in [4.69, 9.17) is 15.2 Å². The molecule has 0 saturated carbocycles. The lowest BCUT2D eigenvalue weighted by Gasteiger charge is -2.40. The van der Waals surface area contributed by atoms with Crippen LogP contribution in [0.15, 0.2) is 29.1 Å². The number of carbonyl (C=O) groups is 1. The van der Waals surface area contributed by atoms with Crippen molar-refractivity contribution in [3.63, 3.8) is 0 Å². The van der Waals surface area contributed by atoms with Crippen LogP contribution in [0.4, 0.5) is 5.82 Å². The predicted octanol–water partition coefficient (Wildman–Crippen LogP) is 2.20. The van der Waals surface area contributed by atoms with Gasteiger partial charge < -0.3 is 30.6 Å². The second-order valence-electron chi connectivity index (χ2n) is 10.3. The van der Waals surface area contributed by atoms with Crippen LogP contribution in [0.3, 0.4) is 0 Å². The molecule has 5 N–H and O–H groups in total. The summed E-state index contributed by atoms with van der Waals surface area (Å²) in [6.45, 7) is 6.72. The van der Waals surface area contributed by atoms with Crippen molar-refractivity contribution in [1.29, 1.82) is 0 Å². The van der Waals surface area contributed by atoms with E-state index in [1.807, 2.05) is 18.2 Å². The lowest BCUT2D eigenvalue weighted by Crippen LogP contribution is -2.49. The zero-order chi connectivity index (χ0) is 28.5. The molecule has 1 saturated heterocycles. The molecule has 218 valence electrons. The normalized spacial score (nSPS) is 17.8. The van der Waals surface area contributed by atoms with Gasteiger partial charge in [0.2, 0.25) is 0 Å². The topological polar surface area (TPSA) is 161 Å². The number of nitrogens with zero attached hydrogens (tertiary/aromatic N) is 4. The molecule has 40 heavy (non-hydrogen) atoms. The van der Waals surface area contributed by atoms with Crippen LogP contribution in [0.2, 0.25) is 0 Å². The minimum atomic E-state index is -0.337. The minimum absolute atomic E-state index is 0.108. The molecule has 3 aromatic rings. The first-order valence-corrected chi connectivity index (χ1v) is 14.1. The number of aliphatic hydroxyl groups excluding tert-OH is 1. The highest BCUT2D eigenvalue weighted by Crippen LogP contribution is 2.23. The summed E-state index contributed by atoms with van der Waals surface area (Å²) >= 11 is 0. The molecule has 0 spiro atoms. The molecular formula is C28H41N7O5. The highest BCUT2D eigenvalue weighted by molar-refractivity contribution is 5.81. The molecule has 0 amide bonds. The number of nitrogen functional groups attached to an aromatic ring is 1. The summed E-state index contributed by atoms with van der Waals surface area (Å²) in [5, 5.41) is 13.3. The monoisotopic (exact) mass is 555 g/mol. The van der Waals surface area contributed by atoms with E-state index in [0.29, 0.717) is 49.2 Å². The van der Waals surface area contributed by atoms with Crippen molar-refractivity contribution in [2.24, 2.45) is 0 Å². The standard InChI is InChI=1S/C28H41N7O5/c1-3-4-15-39-27-32-25(29)24-26(33-27)35(28(38)31-24)11-6-8-22-17-21(10-12-34(22)13-14-36)30-18-20-7-5-9-23(16-20)40-19(2)37/h5,7,9,16,21-22,30,36H,3-4,6,8,10-15,17-18H2,1-2H3,(H,31,38)(H2,29,32,33). The Morgan fingerprint density at radius 1 is 1.27 bits per heavy atom. The van der Waals surface area contributed by atoms with Crippen LogP contribution >= 0.6 is 0 Å². The Morgan fingerprint density at radius 3 is 2.90 bits per heavy atom. The van der Waals surface area contributed by atoms with E-state index in [2.05, 4.69) is 32.1 Å². The van der Waals surface area contributed by atoms with Crippen LogP contribution in [-0.2, 0) is 17.9 Å². The Morgan fingerprint density at radius 2 is 2.12 bits per heavy atom. The number of aromatic nitrogens is 4. The van der Waals surface area contributed by atoms with Gasteiger partial charge in [-0.15, -0.1) is 0 Å². The number of aliphatic hydroxyl groups is 1. The third kappa shape index (κ3) is 7.80. The van der Waals surface area contributed by atoms with Crippen molar-refractivity contribution in [2.75, 3.05) is 32.0 Å². The Hall–Kier alpha value is -3.48. The lowest BCUT2D eigenvalue weighted by molar-refractivity contribution is -0.131. The number of nitrogens with one attached hydrogen (secondary N) is 2. The first-order chi connectivity index (χ1) is 19.4. The number of likely N-dealkylation sites (tertiary alicyclic amines) is 1. The summed E-state index contributed by atoms with van der Waals surface area (Å²) in [7, 11) is 0. The van der Waals surface area contributed by atoms with Crippen molar-refractivity contribution in [3.05, 3.63) is 40.3 Å². The van der Waals surface area contributed by atoms with Gasteiger partial charge >= 0.3 is 17.7 Å². The zero-order valence-electron chi connectivity index (χ0n) is 23.4. The van der Waals surface area contributed by atoms with Gasteiger partial charge in [-0.05, 0) is 49.8 Å². The van der Waals surface area contributed by atoms with Gasteiger partial charge in [-0.1, -0.05) is 25.5 Å². The Labute approximate surface area is 233 Å². The third-order valence-electron chi connectivity index (χ3n) is 7.26. The average Bonchev–Trinajstić information content (AvgIpc) is 3.24. The maximum absolute atomic E-state index is 12.7. The first kappa shape index (κ1) is 29.5. The quantitative estimate of drug-likeness (QED) is 0.132. The zero-order valence-corrected chi connectivity index (χ0v) is 23.4. The van der Waals surface area contributed by atoms with E-state index in [0.717, 1.165) is 50.6 Å². The van der Waals surface area contributed by atoms with Gasteiger partial charge in [0.25, 0.3) is 0 Å². The van der Waals surface area contributed by atoms with E-state index in [9.17, 15) is 14.7 Å². The number of nitrogens with two attached hydrogens (primary N) is 1. The molecule has 2 atom stereocenters. The van der Waals surface area contributed by atoms with Crippen LogP contribution in [0.1, 0.15) is 57.9 Å². The maximum atomic E-state index is 12.7. The second-order valence-corrected chi connectivity index (χ2v) is 10.3. The number of hydrogen-bond donors (Lipinski definition) is 4. The average molecular weight is 556 g/mol. The van der Waals surface area contributed by atoms with Crippen LogP contribution in [0.5, 0.6) is 11.8 Å². The number of rotatable bonds is 14. The van der Waals surface area contributed by atoms with Crippen molar-refractivity contribution < 1.29 is 19.4 Å². The summed E-state index contributed by atoms with van der Waals surface area (Å²) in [4.78, 5) is 37.8. The van der Waals surface area contributed by atoms with E-state index < -0.39 is 0 Å². The number of benzene rings is 1. The number of fused-ring (bicyclic) bond motifs is 1. The van der Waals surface area contributed by atoms with Crippen LogP contribution in [-0.4, -0.2) is 73.9 Å². The molecule has 0 aliphatic carbocycles. The summed E-state index contributed by atoms with van der Waals surface area (Å²) in [6, 6.07) is 8.29. The fourth-order valence-corrected chi connectivity index (χ4v) is 5.25. The fraction of sp³-hybridized carbons (Fsp3) is 0.571. The van der Waals surface area contributed by atoms with E-state index in [1.54, 1.807) is 10.6 Å². The van der Waals surface area contributed by atoms with Crippen molar-refractivity contribution >= 4 is 23.0 Å². The number of β-amino-alcohol motifs (C(OH)–C–C–N with tert-alkyl or cyclic N) is 1. The number of piperidine rings is 1. The summed E-state index contributed by atoms with van der Waals surface area (Å²) in [5.74, 6) is 0.401. The molecular weight excluding hydrogens is 514 g/mol. The number of hydrogen-bond acceptors (Lipinski definition) is 10. The lowest BCUT2D eigenvalue weighted by atomic mass is 9.93. The molecule has 1 aliphatic rings. The van der Waals surface area contributed by atoms with Gasteiger partial charge in [0.1, 0.15) is 11.3 Å². The molecule has 0 bridgehead atoms. The number of unbranched alkanes of at least 4 members (excludes halogenated alkanes) is 1. The van der Waals surface area contributed by atoms with Crippen molar-refractivity contribution in [3.8, 4) is 11.8 Å². The Kier molecular flexibility index (Phi) is 10.5. The molecule has 2 aromatic heterocycles. The number of esters is 1. The van der Waals surface area contributed by atoms with E-state index >= 15 is 0 Å². The highest BCUT2D eigenvalue weighted by atomic mass is 16.5. The SMILES string of the molecule is CCCCOc1nc(N)c2[nH]c(=O)n(CCCC3CC(NCc4cccc(OC(C)=O)c4)CCN3CCO)c2n1. The summed E-state index contributed by atoms with van der Waals surface area (Å²) in [6.07, 6.45) is 5.38. The van der Waals surface area contributed by atoms with Crippen LogP contribution < -0.4 is 26.2 Å². The van der Waals surface area contributed by atoms with Gasteiger partial charge in [-0.2, -0.15) is 9.97 Å². The molecule has 1 fully saturated rings. The maximum Gasteiger partial charge on any atom is 0.327 e. The third-order valence-corrected chi connectivity index (χ3v) is 7.26. The molecule has 3 heterocycles. The minimum Gasteiger partial charge on any atom is -0.463 e. The largest absolute Gasteiger partial charge is 0.463 e. The number of carbonyl (C=O) groups excluding carboxylic acids is 1. The predicted molar refractivity (Wildman–Crippen MR) is 152 cm³/mol. The summed E-state index contributed by atoms with van der Waals surface area (Å²) in [5.41, 5.74) is 7.74. The van der Waals surface area contributed by atoms with E-state index in [1.165, 1.54) is 6.92 Å². The highest BCUT2D eigenvalue weighted by Gasteiger charge is 2.28. The van der Waals surface area contributed by atoms with Gasteiger partial charge in [-0.3, -0.25) is 14.3 Å². The molecule has 12 heteroatoms. The van der Waals surface area contributed by atoms with Gasteiger partial charge in [0.15, 0.2) is 11.5 Å². The number of imidazole rings is 1. The molecule has 2 unspecified atom stereocenters. The fourth-order valence-electron chi connectivity index (χ4n) is 5.25. The number of aryl methyl sites for hydroxylation is 1. The number of H-pyrrole nitrogens is 1. The van der Waals surface area contributed by atoms with Crippen molar-refractivity contribution in [1.82, 2.24) is 29.7 Å². The summed E-state index contributed by atoms with van der Waals surface area (Å²) < 4.78 is 12.4.